The van der Waals surface area contributed by atoms with Gasteiger partial charge >= 0.3 is 0 Å². The first-order chi connectivity index (χ1) is 5.09. The third-order valence-electron chi connectivity index (χ3n) is 2.27. The van der Waals surface area contributed by atoms with E-state index in [1.807, 2.05) is 6.92 Å². The fourth-order valence-corrected chi connectivity index (χ4v) is 1.62. The number of rotatable bonds is 2. The number of aliphatic hydroxyl groups is 1. The highest BCUT2D eigenvalue weighted by atomic mass is 16.3. The van der Waals surface area contributed by atoms with Crippen LogP contribution in [0.4, 0.5) is 0 Å². The summed E-state index contributed by atoms with van der Waals surface area (Å²) in [6.45, 7) is 6.71. The molecule has 0 aromatic carbocycles. The van der Waals surface area contributed by atoms with Gasteiger partial charge in [0.25, 0.3) is 0 Å². The largest absolute Gasteiger partial charge is 0.392 e. The van der Waals surface area contributed by atoms with Gasteiger partial charge in [-0.2, -0.15) is 0 Å². The summed E-state index contributed by atoms with van der Waals surface area (Å²) >= 11 is 0. The summed E-state index contributed by atoms with van der Waals surface area (Å²) in [5.74, 6) is 0.578. The molecule has 1 aliphatic rings. The summed E-state index contributed by atoms with van der Waals surface area (Å²) in [5, 5.41) is 9.10. The Morgan fingerprint density at radius 2 is 2.27 bits per heavy atom. The van der Waals surface area contributed by atoms with Gasteiger partial charge in [0, 0.05) is 25.7 Å². The molecule has 1 rings (SSSR count). The second-order valence-corrected chi connectivity index (χ2v) is 3.71. The van der Waals surface area contributed by atoms with Gasteiger partial charge in [-0.25, -0.2) is 0 Å². The molecular weight excluding hydrogens is 140 g/mol. The van der Waals surface area contributed by atoms with Crippen LogP contribution in [0.15, 0.2) is 0 Å². The van der Waals surface area contributed by atoms with E-state index in [9.17, 15) is 0 Å². The summed E-state index contributed by atoms with van der Waals surface area (Å²) < 4.78 is 0. The molecule has 1 saturated heterocycles. The lowest BCUT2D eigenvalue weighted by atomic mass is 10.1. The highest BCUT2D eigenvalue weighted by Crippen LogP contribution is 2.13. The van der Waals surface area contributed by atoms with Crippen molar-refractivity contribution in [1.82, 2.24) is 4.90 Å². The quantitative estimate of drug-likeness (QED) is 0.577. The minimum Gasteiger partial charge on any atom is -0.392 e. The zero-order valence-electron chi connectivity index (χ0n) is 7.33. The summed E-state index contributed by atoms with van der Waals surface area (Å²) in [7, 11) is 0. The fourth-order valence-electron chi connectivity index (χ4n) is 1.62. The van der Waals surface area contributed by atoms with Crippen molar-refractivity contribution in [2.75, 3.05) is 19.6 Å². The van der Waals surface area contributed by atoms with Crippen LogP contribution in [-0.2, 0) is 0 Å². The van der Waals surface area contributed by atoms with Crippen LogP contribution in [0.5, 0.6) is 0 Å². The second kappa shape index (κ2) is 3.52. The van der Waals surface area contributed by atoms with Crippen molar-refractivity contribution in [3.05, 3.63) is 0 Å². The van der Waals surface area contributed by atoms with E-state index in [0.717, 1.165) is 19.6 Å². The van der Waals surface area contributed by atoms with E-state index in [2.05, 4.69) is 11.8 Å². The van der Waals surface area contributed by atoms with Gasteiger partial charge in [0.15, 0.2) is 0 Å². The molecule has 1 aliphatic heterocycles. The van der Waals surface area contributed by atoms with Gasteiger partial charge in [-0.3, -0.25) is 4.90 Å². The van der Waals surface area contributed by atoms with E-state index >= 15 is 0 Å². The lowest BCUT2D eigenvalue weighted by Gasteiger charge is -2.16. The highest BCUT2D eigenvalue weighted by molar-refractivity contribution is 4.84. The topological polar surface area (TPSA) is 49.5 Å². The Balaban J connectivity index is 2.29. The van der Waals surface area contributed by atoms with Gasteiger partial charge in [-0.15, -0.1) is 0 Å². The average Bonchev–Trinajstić information content (AvgIpc) is 2.10. The fraction of sp³-hybridized carbons (Fsp3) is 1.00. The minimum absolute atomic E-state index is 0.229. The molecule has 3 atom stereocenters. The molecule has 0 spiro atoms. The average molecular weight is 158 g/mol. The van der Waals surface area contributed by atoms with E-state index in [4.69, 9.17) is 10.8 Å². The Morgan fingerprint density at radius 1 is 1.64 bits per heavy atom. The van der Waals surface area contributed by atoms with Crippen LogP contribution in [0.2, 0.25) is 0 Å². The Bertz CT molecular complexity index is 115. The standard InChI is InChI=1S/C8H18N2O/c1-6-3-10(4-7(2)11)5-8(6)9/h6-8,11H,3-5,9H2,1-2H3. The monoisotopic (exact) mass is 158 g/mol. The third kappa shape index (κ3) is 2.43. The maximum Gasteiger partial charge on any atom is 0.0639 e. The molecule has 0 radical (unpaired) electrons. The molecule has 0 saturated carbocycles. The summed E-state index contributed by atoms with van der Waals surface area (Å²) in [4.78, 5) is 2.22. The molecule has 1 heterocycles. The molecule has 3 nitrogen and oxygen atoms in total. The third-order valence-corrected chi connectivity index (χ3v) is 2.27. The molecule has 3 N–H and O–H groups in total. The van der Waals surface area contributed by atoms with E-state index in [1.54, 1.807) is 0 Å². The number of likely N-dealkylation sites (tertiary alicyclic amines) is 1. The number of aliphatic hydroxyl groups excluding tert-OH is 1. The van der Waals surface area contributed by atoms with Crippen molar-refractivity contribution in [3.63, 3.8) is 0 Å². The predicted molar refractivity (Wildman–Crippen MR) is 45.3 cm³/mol. The van der Waals surface area contributed by atoms with Crippen molar-refractivity contribution in [1.29, 1.82) is 0 Å². The van der Waals surface area contributed by atoms with Crippen LogP contribution in [0, 0.1) is 5.92 Å². The molecule has 1 fully saturated rings. The normalized spacial score (nSPS) is 36.0. The van der Waals surface area contributed by atoms with E-state index in [0.29, 0.717) is 12.0 Å². The number of β-amino-alcohol motifs (C(OH)–C–C–N with tert-alkyl or cyclic N) is 1. The van der Waals surface area contributed by atoms with Crippen LogP contribution in [0.3, 0.4) is 0 Å². The Hall–Kier alpha value is -0.120. The zero-order chi connectivity index (χ0) is 8.43. The van der Waals surface area contributed by atoms with Gasteiger partial charge in [-0.1, -0.05) is 6.92 Å². The molecule has 3 unspecified atom stereocenters. The van der Waals surface area contributed by atoms with Gasteiger partial charge < -0.3 is 10.8 Å². The molecular formula is C8H18N2O. The molecule has 66 valence electrons. The molecule has 0 aromatic heterocycles. The van der Waals surface area contributed by atoms with E-state index < -0.39 is 0 Å². The summed E-state index contributed by atoms with van der Waals surface area (Å²) in [5.41, 5.74) is 5.82. The molecule has 3 heteroatoms. The maximum atomic E-state index is 9.10. The summed E-state index contributed by atoms with van der Waals surface area (Å²) in [6, 6.07) is 0.300. The first-order valence-corrected chi connectivity index (χ1v) is 4.25. The predicted octanol–water partition coefficient (Wildman–Crippen LogP) is -0.354. The molecule has 11 heavy (non-hydrogen) atoms. The van der Waals surface area contributed by atoms with Gasteiger partial charge in [-0.05, 0) is 12.8 Å². The van der Waals surface area contributed by atoms with Gasteiger partial charge in [0.2, 0.25) is 0 Å². The number of hydrogen-bond donors (Lipinski definition) is 2. The zero-order valence-corrected chi connectivity index (χ0v) is 7.33. The smallest absolute Gasteiger partial charge is 0.0639 e. The molecule has 0 aliphatic carbocycles. The van der Waals surface area contributed by atoms with Crippen molar-refractivity contribution >= 4 is 0 Å². The lowest BCUT2D eigenvalue weighted by molar-refractivity contribution is 0.139. The number of hydrogen-bond acceptors (Lipinski definition) is 3. The lowest BCUT2D eigenvalue weighted by Crippen LogP contribution is -2.32. The van der Waals surface area contributed by atoms with Crippen molar-refractivity contribution in [2.24, 2.45) is 11.7 Å². The van der Waals surface area contributed by atoms with Gasteiger partial charge in [0.1, 0.15) is 0 Å². The second-order valence-electron chi connectivity index (χ2n) is 3.71. The van der Waals surface area contributed by atoms with Crippen molar-refractivity contribution < 1.29 is 5.11 Å². The SMILES string of the molecule is CC(O)CN1CC(C)C(N)C1. The summed E-state index contributed by atoms with van der Waals surface area (Å²) in [6.07, 6.45) is -0.229. The van der Waals surface area contributed by atoms with E-state index in [1.165, 1.54) is 0 Å². The Kier molecular flexibility index (Phi) is 2.87. The van der Waals surface area contributed by atoms with Crippen LogP contribution < -0.4 is 5.73 Å². The number of nitrogens with zero attached hydrogens (tertiary/aromatic N) is 1. The van der Waals surface area contributed by atoms with Crippen molar-refractivity contribution in [2.45, 2.75) is 26.0 Å². The van der Waals surface area contributed by atoms with Crippen molar-refractivity contribution in [3.8, 4) is 0 Å². The Morgan fingerprint density at radius 3 is 2.64 bits per heavy atom. The first-order valence-electron chi connectivity index (χ1n) is 4.25. The molecule has 0 aromatic rings. The van der Waals surface area contributed by atoms with E-state index in [-0.39, 0.29) is 6.10 Å². The van der Waals surface area contributed by atoms with Crippen LogP contribution in [0.1, 0.15) is 13.8 Å². The maximum absolute atomic E-state index is 9.10. The Labute approximate surface area is 68.2 Å². The van der Waals surface area contributed by atoms with Crippen LogP contribution in [-0.4, -0.2) is 41.8 Å². The highest BCUT2D eigenvalue weighted by Gasteiger charge is 2.26. The first kappa shape index (κ1) is 8.97. The van der Waals surface area contributed by atoms with Crippen LogP contribution >= 0.6 is 0 Å². The van der Waals surface area contributed by atoms with Gasteiger partial charge in [0.05, 0.1) is 6.10 Å². The molecule has 0 amide bonds. The minimum atomic E-state index is -0.229. The van der Waals surface area contributed by atoms with Crippen LogP contribution in [0.25, 0.3) is 0 Å². The number of nitrogens with two attached hydrogens (primary N) is 1. The molecule has 0 bridgehead atoms.